The molecule has 1 atom stereocenters. The normalized spacial score (nSPS) is 11.7. The molecule has 9 heteroatoms. The second kappa shape index (κ2) is 12.7. The molecule has 0 fully saturated rings. The lowest BCUT2D eigenvalue weighted by Crippen LogP contribution is -2.32. The van der Waals surface area contributed by atoms with Crippen LogP contribution in [0.2, 0.25) is 0 Å². The Kier molecular flexibility index (Phi) is 11.1. The van der Waals surface area contributed by atoms with Gasteiger partial charge in [-0.2, -0.15) is 0 Å². The van der Waals surface area contributed by atoms with Crippen LogP contribution in [0, 0.1) is 5.41 Å². The number of hydrogen-bond donors (Lipinski definition) is 2. The van der Waals surface area contributed by atoms with Gasteiger partial charge in [-0.3, -0.25) is 5.41 Å². The summed E-state index contributed by atoms with van der Waals surface area (Å²) in [6.45, 7) is 8.18. The SMILES string of the molecule is CCN(CC)CCn1c(=N)n(CC(O)c2ccc(OC)c(OC)c2)c2ccccc21.Cl.Cl. The molecule has 0 aliphatic carbocycles. The van der Waals surface area contributed by atoms with Crippen LogP contribution >= 0.6 is 24.8 Å². The zero-order valence-corrected chi connectivity index (χ0v) is 20.7. The zero-order valence-electron chi connectivity index (χ0n) is 19.1. The number of aliphatic hydroxyl groups excluding tert-OH is 1. The smallest absolute Gasteiger partial charge is 0.203 e. The highest BCUT2D eigenvalue weighted by molar-refractivity contribution is 5.85. The molecule has 0 amide bonds. The number of imidazole rings is 1. The largest absolute Gasteiger partial charge is 0.493 e. The van der Waals surface area contributed by atoms with E-state index in [1.54, 1.807) is 26.4 Å². The number of rotatable bonds is 10. The molecule has 0 saturated carbocycles. The molecule has 3 aromatic rings. The number of ether oxygens (including phenoxy) is 2. The highest BCUT2D eigenvalue weighted by Gasteiger charge is 2.17. The maximum atomic E-state index is 10.9. The summed E-state index contributed by atoms with van der Waals surface area (Å²) < 4.78 is 14.5. The monoisotopic (exact) mass is 484 g/mol. The van der Waals surface area contributed by atoms with Gasteiger partial charge in [-0.25, -0.2) is 0 Å². The van der Waals surface area contributed by atoms with Crippen molar-refractivity contribution in [3.8, 4) is 11.5 Å². The van der Waals surface area contributed by atoms with Crippen LogP contribution in [0.25, 0.3) is 11.0 Å². The standard InChI is InChI=1S/C23H32N4O3.2ClH/c1-5-25(6-2)13-14-26-18-9-7-8-10-19(18)27(23(26)24)16-20(28)17-11-12-21(29-3)22(15-17)30-4;;/h7-12,15,20,24,28H,5-6,13-14,16H2,1-4H3;2*1H. The van der Waals surface area contributed by atoms with Crippen molar-refractivity contribution in [2.24, 2.45) is 0 Å². The molecule has 32 heavy (non-hydrogen) atoms. The van der Waals surface area contributed by atoms with Crippen molar-refractivity contribution in [1.82, 2.24) is 14.0 Å². The van der Waals surface area contributed by atoms with Crippen LogP contribution < -0.4 is 15.1 Å². The van der Waals surface area contributed by atoms with E-state index in [-0.39, 0.29) is 31.4 Å². The van der Waals surface area contributed by atoms with E-state index in [0.717, 1.165) is 42.8 Å². The Bertz CT molecular complexity index is 1050. The first-order valence-corrected chi connectivity index (χ1v) is 10.4. The number of likely N-dealkylation sites (N-methyl/N-ethyl adjacent to an activating group) is 1. The van der Waals surface area contributed by atoms with Gasteiger partial charge in [-0.1, -0.05) is 32.0 Å². The van der Waals surface area contributed by atoms with E-state index in [9.17, 15) is 5.11 Å². The van der Waals surface area contributed by atoms with Gasteiger partial charge in [0.25, 0.3) is 0 Å². The van der Waals surface area contributed by atoms with Crippen molar-refractivity contribution in [3.05, 3.63) is 53.6 Å². The number of para-hydroxylation sites is 2. The summed E-state index contributed by atoms with van der Waals surface area (Å²) in [5.41, 5.74) is 3.07. The molecule has 1 unspecified atom stereocenters. The average molecular weight is 485 g/mol. The van der Waals surface area contributed by atoms with Gasteiger partial charge in [-0.15, -0.1) is 24.8 Å². The lowest BCUT2D eigenvalue weighted by Gasteiger charge is -2.18. The Morgan fingerprint density at radius 1 is 0.938 bits per heavy atom. The summed E-state index contributed by atoms with van der Waals surface area (Å²) in [6.07, 6.45) is -0.777. The minimum atomic E-state index is -0.777. The lowest BCUT2D eigenvalue weighted by atomic mass is 10.1. The van der Waals surface area contributed by atoms with Crippen LogP contribution in [0.1, 0.15) is 25.5 Å². The third kappa shape index (κ3) is 5.78. The first-order chi connectivity index (χ1) is 14.5. The molecule has 0 spiro atoms. The number of halogens is 2. The fourth-order valence-corrected chi connectivity index (χ4v) is 3.83. The van der Waals surface area contributed by atoms with E-state index < -0.39 is 6.10 Å². The van der Waals surface area contributed by atoms with Gasteiger partial charge in [0.15, 0.2) is 11.5 Å². The summed E-state index contributed by atoms with van der Waals surface area (Å²) in [5.74, 6) is 1.20. The van der Waals surface area contributed by atoms with Gasteiger partial charge in [0.1, 0.15) is 0 Å². The minimum Gasteiger partial charge on any atom is -0.493 e. The number of nitrogens with one attached hydrogen (secondary N) is 1. The number of nitrogens with zero attached hydrogens (tertiary/aromatic N) is 3. The number of methoxy groups -OCH3 is 2. The first-order valence-electron chi connectivity index (χ1n) is 10.4. The molecule has 1 heterocycles. The van der Waals surface area contributed by atoms with Gasteiger partial charge >= 0.3 is 0 Å². The van der Waals surface area contributed by atoms with Crippen molar-refractivity contribution in [2.45, 2.75) is 33.0 Å². The third-order valence-corrected chi connectivity index (χ3v) is 5.66. The van der Waals surface area contributed by atoms with Crippen molar-refractivity contribution in [1.29, 1.82) is 5.41 Å². The van der Waals surface area contributed by atoms with Crippen molar-refractivity contribution < 1.29 is 14.6 Å². The van der Waals surface area contributed by atoms with Crippen LogP contribution in [0.4, 0.5) is 0 Å². The molecule has 2 N–H and O–H groups in total. The van der Waals surface area contributed by atoms with E-state index in [4.69, 9.17) is 14.9 Å². The van der Waals surface area contributed by atoms with Crippen LogP contribution in [-0.4, -0.2) is 53.0 Å². The molecule has 0 radical (unpaired) electrons. The van der Waals surface area contributed by atoms with Gasteiger partial charge in [0.05, 0.1) is 37.9 Å². The maximum absolute atomic E-state index is 10.9. The average Bonchev–Trinajstić information content (AvgIpc) is 3.05. The fraction of sp³-hybridized carbons (Fsp3) is 0.435. The Labute approximate surface area is 201 Å². The number of fused-ring (bicyclic) bond motifs is 1. The Morgan fingerprint density at radius 3 is 2.09 bits per heavy atom. The lowest BCUT2D eigenvalue weighted by molar-refractivity contribution is 0.155. The van der Waals surface area contributed by atoms with E-state index in [0.29, 0.717) is 17.1 Å². The van der Waals surface area contributed by atoms with Crippen molar-refractivity contribution >= 4 is 35.8 Å². The summed E-state index contributed by atoms with van der Waals surface area (Å²) >= 11 is 0. The second-order valence-corrected chi connectivity index (χ2v) is 7.23. The Hall–Kier alpha value is -2.19. The molecule has 7 nitrogen and oxygen atoms in total. The predicted octanol–water partition coefficient (Wildman–Crippen LogP) is 3.86. The third-order valence-electron chi connectivity index (χ3n) is 5.66. The summed E-state index contributed by atoms with van der Waals surface area (Å²) in [7, 11) is 3.16. The van der Waals surface area contributed by atoms with E-state index in [1.165, 1.54) is 0 Å². The molecular formula is C23H34Cl2N4O3. The van der Waals surface area contributed by atoms with Crippen LogP contribution in [0.3, 0.4) is 0 Å². The maximum Gasteiger partial charge on any atom is 0.203 e. The molecule has 0 bridgehead atoms. The van der Waals surface area contributed by atoms with Gasteiger partial charge in [-0.05, 0) is 42.9 Å². The van der Waals surface area contributed by atoms with Crippen LogP contribution in [-0.2, 0) is 13.1 Å². The van der Waals surface area contributed by atoms with Gasteiger partial charge < -0.3 is 28.6 Å². The predicted molar refractivity (Wildman–Crippen MR) is 133 cm³/mol. The quantitative estimate of drug-likeness (QED) is 0.458. The second-order valence-electron chi connectivity index (χ2n) is 7.23. The topological polar surface area (TPSA) is 75.6 Å². The molecule has 0 aliphatic heterocycles. The van der Waals surface area contributed by atoms with Crippen LogP contribution in [0.5, 0.6) is 11.5 Å². The minimum absolute atomic E-state index is 0. The molecule has 3 rings (SSSR count). The Morgan fingerprint density at radius 2 is 1.53 bits per heavy atom. The molecular weight excluding hydrogens is 451 g/mol. The first kappa shape index (κ1) is 27.8. The van der Waals surface area contributed by atoms with E-state index in [1.807, 2.05) is 39.5 Å². The molecule has 2 aromatic carbocycles. The molecule has 178 valence electrons. The number of aliphatic hydroxyl groups is 1. The van der Waals surface area contributed by atoms with E-state index in [2.05, 4.69) is 18.7 Å². The molecule has 0 saturated heterocycles. The number of aromatic nitrogens is 2. The summed E-state index contributed by atoms with van der Waals surface area (Å²) in [4.78, 5) is 2.34. The highest BCUT2D eigenvalue weighted by atomic mass is 35.5. The fourth-order valence-electron chi connectivity index (χ4n) is 3.83. The van der Waals surface area contributed by atoms with Crippen LogP contribution in [0.15, 0.2) is 42.5 Å². The van der Waals surface area contributed by atoms with Gasteiger partial charge in [0.2, 0.25) is 5.62 Å². The van der Waals surface area contributed by atoms with Crippen molar-refractivity contribution in [2.75, 3.05) is 33.9 Å². The number of hydrogen-bond acceptors (Lipinski definition) is 5. The zero-order chi connectivity index (χ0) is 21.7. The Balaban J connectivity index is 0.00000256. The summed E-state index contributed by atoms with van der Waals surface area (Å²) in [5, 5.41) is 19.7. The summed E-state index contributed by atoms with van der Waals surface area (Å²) in [6, 6.07) is 13.4. The molecule has 0 aliphatic rings. The van der Waals surface area contributed by atoms with Gasteiger partial charge in [0, 0.05) is 13.1 Å². The van der Waals surface area contributed by atoms with E-state index >= 15 is 0 Å². The highest BCUT2D eigenvalue weighted by Crippen LogP contribution is 2.30. The van der Waals surface area contributed by atoms with Crippen molar-refractivity contribution in [3.63, 3.8) is 0 Å². The molecule has 1 aromatic heterocycles. The number of benzene rings is 2.